The van der Waals surface area contributed by atoms with Gasteiger partial charge in [-0.25, -0.2) is 4.39 Å². The van der Waals surface area contributed by atoms with Crippen molar-refractivity contribution in [3.05, 3.63) is 78.6 Å². The molecule has 3 aromatic carbocycles. The van der Waals surface area contributed by atoms with Gasteiger partial charge < -0.3 is 4.74 Å². The maximum atomic E-state index is 13.0. The summed E-state index contributed by atoms with van der Waals surface area (Å²) in [5, 5.41) is 0. The number of ether oxygens (including phenoxy) is 1. The first-order valence-electron chi connectivity index (χ1n) is 6.77. The van der Waals surface area contributed by atoms with E-state index in [-0.39, 0.29) is 5.82 Å². The van der Waals surface area contributed by atoms with Gasteiger partial charge in [-0.05, 0) is 34.9 Å². The van der Waals surface area contributed by atoms with Crippen molar-refractivity contribution >= 4 is 0 Å². The monoisotopic (exact) mass is 278 g/mol. The Balaban J connectivity index is 1.95. The molecule has 21 heavy (non-hydrogen) atoms. The molecule has 0 heterocycles. The lowest BCUT2D eigenvalue weighted by molar-refractivity contribution is 0.416. The van der Waals surface area contributed by atoms with E-state index in [0.717, 1.165) is 28.0 Å². The zero-order valence-corrected chi connectivity index (χ0v) is 11.7. The largest absolute Gasteiger partial charge is 0.496 e. The lowest BCUT2D eigenvalue weighted by atomic mass is 10.00. The van der Waals surface area contributed by atoms with E-state index in [4.69, 9.17) is 4.74 Å². The van der Waals surface area contributed by atoms with Crippen LogP contribution in [0.25, 0.3) is 22.3 Å². The predicted molar refractivity (Wildman–Crippen MR) is 83.8 cm³/mol. The molecule has 3 aromatic rings. The van der Waals surface area contributed by atoms with Crippen molar-refractivity contribution in [3.8, 4) is 28.0 Å². The number of rotatable bonds is 3. The smallest absolute Gasteiger partial charge is 0.126 e. The fraction of sp³-hybridized carbons (Fsp3) is 0.0526. The molecule has 0 unspecified atom stereocenters. The molecular weight excluding hydrogens is 263 g/mol. The highest BCUT2D eigenvalue weighted by atomic mass is 19.1. The zero-order chi connectivity index (χ0) is 14.7. The number of benzene rings is 3. The van der Waals surface area contributed by atoms with Crippen LogP contribution in [0.15, 0.2) is 72.8 Å². The molecule has 0 atom stereocenters. The molecule has 0 saturated carbocycles. The summed E-state index contributed by atoms with van der Waals surface area (Å²) in [6, 6.07) is 22.6. The van der Waals surface area contributed by atoms with Gasteiger partial charge in [-0.15, -0.1) is 0 Å². The summed E-state index contributed by atoms with van der Waals surface area (Å²) < 4.78 is 18.3. The number of hydrogen-bond acceptors (Lipinski definition) is 1. The molecule has 0 aliphatic rings. The third-order valence-corrected chi connectivity index (χ3v) is 3.48. The summed E-state index contributed by atoms with van der Waals surface area (Å²) in [4.78, 5) is 0. The van der Waals surface area contributed by atoms with E-state index in [1.807, 2.05) is 36.4 Å². The minimum atomic E-state index is -0.218. The second-order valence-electron chi connectivity index (χ2n) is 4.78. The highest BCUT2D eigenvalue weighted by molar-refractivity contribution is 5.74. The van der Waals surface area contributed by atoms with Gasteiger partial charge in [0.15, 0.2) is 0 Å². The first kappa shape index (κ1) is 13.4. The molecule has 1 nitrogen and oxygen atoms in total. The molecule has 0 amide bonds. The Hall–Kier alpha value is -2.61. The quantitative estimate of drug-likeness (QED) is 0.642. The van der Waals surface area contributed by atoms with Gasteiger partial charge >= 0.3 is 0 Å². The van der Waals surface area contributed by atoms with Crippen LogP contribution in [0.4, 0.5) is 4.39 Å². The Kier molecular flexibility index (Phi) is 3.69. The lowest BCUT2D eigenvalue weighted by Crippen LogP contribution is -1.87. The Bertz CT molecular complexity index is 730. The van der Waals surface area contributed by atoms with E-state index in [1.165, 1.54) is 12.1 Å². The third-order valence-electron chi connectivity index (χ3n) is 3.48. The molecule has 0 aromatic heterocycles. The van der Waals surface area contributed by atoms with Crippen LogP contribution in [0.2, 0.25) is 0 Å². The molecule has 0 spiro atoms. The van der Waals surface area contributed by atoms with E-state index in [2.05, 4.69) is 12.1 Å². The minimum Gasteiger partial charge on any atom is -0.496 e. The number of halogens is 1. The van der Waals surface area contributed by atoms with Crippen molar-refractivity contribution in [2.75, 3.05) is 7.11 Å². The van der Waals surface area contributed by atoms with Crippen molar-refractivity contribution in [3.63, 3.8) is 0 Å². The molecule has 104 valence electrons. The summed E-state index contributed by atoms with van der Waals surface area (Å²) in [5.74, 6) is 0.636. The topological polar surface area (TPSA) is 9.23 Å². The molecule has 3 rings (SSSR count). The van der Waals surface area contributed by atoms with Crippen LogP contribution in [0, 0.1) is 5.82 Å². The van der Waals surface area contributed by atoms with Crippen LogP contribution in [-0.2, 0) is 0 Å². The molecule has 0 saturated heterocycles. The fourth-order valence-corrected chi connectivity index (χ4v) is 2.37. The Labute approximate surface area is 123 Å². The van der Waals surface area contributed by atoms with E-state index < -0.39 is 0 Å². The fourth-order valence-electron chi connectivity index (χ4n) is 2.37. The summed E-state index contributed by atoms with van der Waals surface area (Å²) in [6.07, 6.45) is 0. The van der Waals surface area contributed by atoms with Crippen molar-refractivity contribution in [2.24, 2.45) is 0 Å². The Morgan fingerprint density at radius 2 is 1.19 bits per heavy atom. The van der Waals surface area contributed by atoms with Crippen molar-refractivity contribution < 1.29 is 9.13 Å². The van der Waals surface area contributed by atoms with Crippen molar-refractivity contribution in [1.82, 2.24) is 0 Å². The molecule has 0 aliphatic carbocycles. The second kappa shape index (κ2) is 5.80. The summed E-state index contributed by atoms with van der Waals surface area (Å²) >= 11 is 0. The molecule has 0 radical (unpaired) electrons. The molecule has 0 bridgehead atoms. The third kappa shape index (κ3) is 2.79. The van der Waals surface area contributed by atoms with Crippen molar-refractivity contribution in [1.29, 1.82) is 0 Å². The van der Waals surface area contributed by atoms with Crippen molar-refractivity contribution in [2.45, 2.75) is 0 Å². The Morgan fingerprint density at radius 3 is 1.81 bits per heavy atom. The highest BCUT2D eigenvalue weighted by Crippen LogP contribution is 2.31. The first-order chi connectivity index (χ1) is 10.3. The van der Waals surface area contributed by atoms with Gasteiger partial charge in [-0.1, -0.05) is 54.6 Å². The summed E-state index contributed by atoms with van der Waals surface area (Å²) in [7, 11) is 1.67. The molecule has 0 aliphatic heterocycles. The average molecular weight is 278 g/mol. The van der Waals surface area contributed by atoms with Gasteiger partial charge in [-0.3, -0.25) is 0 Å². The van der Waals surface area contributed by atoms with Gasteiger partial charge in [0.1, 0.15) is 11.6 Å². The summed E-state index contributed by atoms with van der Waals surface area (Å²) in [6.45, 7) is 0. The van der Waals surface area contributed by atoms with E-state index in [9.17, 15) is 4.39 Å². The van der Waals surface area contributed by atoms with Gasteiger partial charge in [0.05, 0.1) is 7.11 Å². The van der Waals surface area contributed by atoms with Crippen LogP contribution in [0.5, 0.6) is 5.75 Å². The first-order valence-corrected chi connectivity index (χ1v) is 6.77. The standard InChI is InChI=1S/C19H15FO/c1-21-19-5-3-2-4-18(19)16-8-6-14(7-9-16)15-10-12-17(20)13-11-15/h2-13H,1H3. The zero-order valence-electron chi connectivity index (χ0n) is 11.7. The van der Waals surface area contributed by atoms with Crippen LogP contribution < -0.4 is 4.74 Å². The van der Waals surface area contributed by atoms with Crippen LogP contribution in [-0.4, -0.2) is 7.11 Å². The van der Waals surface area contributed by atoms with Gasteiger partial charge in [0.2, 0.25) is 0 Å². The number of methoxy groups -OCH3 is 1. The average Bonchev–Trinajstić information content (AvgIpc) is 2.56. The van der Waals surface area contributed by atoms with Gasteiger partial charge in [0.25, 0.3) is 0 Å². The van der Waals surface area contributed by atoms with Gasteiger partial charge in [-0.2, -0.15) is 0 Å². The summed E-state index contributed by atoms with van der Waals surface area (Å²) in [5.41, 5.74) is 4.22. The van der Waals surface area contributed by atoms with Crippen LogP contribution in [0.3, 0.4) is 0 Å². The molecule has 0 fully saturated rings. The maximum absolute atomic E-state index is 13.0. The normalized spacial score (nSPS) is 10.4. The number of hydrogen-bond donors (Lipinski definition) is 0. The number of para-hydroxylation sites is 1. The van der Waals surface area contributed by atoms with E-state index in [0.29, 0.717) is 0 Å². The second-order valence-corrected chi connectivity index (χ2v) is 4.78. The van der Waals surface area contributed by atoms with Gasteiger partial charge in [0, 0.05) is 5.56 Å². The van der Waals surface area contributed by atoms with E-state index in [1.54, 1.807) is 19.2 Å². The maximum Gasteiger partial charge on any atom is 0.126 e. The molecular formula is C19H15FO. The molecule has 0 N–H and O–H groups in total. The lowest BCUT2D eigenvalue weighted by Gasteiger charge is -2.09. The molecule has 2 heteroatoms. The Morgan fingerprint density at radius 1 is 0.667 bits per heavy atom. The highest BCUT2D eigenvalue weighted by Gasteiger charge is 2.05. The minimum absolute atomic E-state index is 0.218. The predicted octanol–water partition coefficient (Wildman–Crippen LogP) is 5.17. The SMILES string of the molecule is COc1ccccc1-c1ccc(-c2ccc(F)cc2)cc1. The van der Waals surface area contributed by atoms with Crippen LogP contribution in [0.1, 0.15) is 0 Å². The van der Waals surface area contributed by atoms with Crippen LogP contribution >= 0.6 is 0 Å². The van der Waals surface area contributed by atoms with E-state index >= 15 is 0 Å².